The van der Waals surface area contributed by atoms with Crippen molar-refractivity contribution in [1.82, 2.24) is 14.5 Å². The van der Waals surface area contributed by atoms with Crippen LogP contribution in [0.4, 0.5) is 24.1 Å². The Labute approximate surface area is 207 Å². The van der Waals surface area contributed by atoms with Crippen LogP contribution in [0.2, 0.25) is 0 Å². The number of aryl methyl sites for hydroxylation is 1. The summed E-state index contributed by atoms with van der Waals surface area (Å²) in [7, 11) is 0. The second kappa shape index (κ2) is 10.6. The monoisotopic (exact) mass is 516 g/mol. The van der Waals surface area contributed by atoms with Crippen molar-refractivity contribution >= 4 is 28.5 Å². The number of nitrogens with zero attached hydrogens (tertiary/aromatic N) is 5. The molecule has 0 spiro atoms. The number of imidazole rings is 1. The first kappa shape index (κ1) is 24.9. The predicted molar refractivity (Wildman–Crippen MR) is 129 cm³/mol. The molecular formula is C23H19F3N6O3S. The van der Waals surface area contributed by atoms with Gasteiger partial charge in [0.05, 0.1) is 17.5 Å². The molecule has 2 aromatic carbocycles. The van der Waals surface area contributed by atoms with E-state index in [9.17, 15) is 23.3 Å². The molecule has 4 aromatic rings. The van der Waals surface area contributed by atoms with Crippen molar-refractivity contribution < 1.29 is 22.8 Å². The topological polar surface area (TPSA) is 107 Å². The van der Waals surface area contributed by atoms with E-state index in [4.69, 9.17) is 4.74 Å². The minimum absolute atomic E-state index is 0.0910. The van der Waals surface area contributed by atoms with Gasteiger partial charge in [0, 0.05) is 17.9 Å². The summed E-state index contributed by atoms with van der Waals surface area (Å²) >= 11 is 1.27. The van der Waals surface area contributed by atoms with Crippen LogP contribution in [0, 0.1) is 17.0 Å². The van der Waals surface area contributed by atoms with Crippen molar-refractivity contribution in [3.63, 3.8) is 0 Å². The minimum atomic E-state index is -4.38. The second-order valence-electron chi connectivity index (χ2n) is 7.48. The van der Waals surface area contributed by atoms with Gasteiger partial charge in [0.25, 0.3) is 0 Å². The lowest BCUT2D eigenvalue weighted by Crippen LogP contribution is -2.11. The quantitative estimate of drug-likeness (QED) is 0.172. The summed E-state index contributed by atoms with van der Waals surface area (Å²) < 4.78 is 45.4. The third-order valence-electron chi connectivity index (χ3n) is 5.05. The molecule has 0 unspecified atom stereocenters. The molecule has 0 aliphatic carbocycles. The molecule has 0 fully saturated rings. The van der Waals surface area contributed by atoms with Gasteiger partial charge in [-0.2, -0.15) is 18.3 Å². The molecule has 4 rings (SSSR count). The number of rotatable bonds is 9. The van der Waals surface area contributed by atoms with E-state index in [1.807, 2.05) is 6.07 Å². The third-order valence-corrected chi connectivity index (χ3v) is 5.80. The van der Waals surface area contributed by atoms with Crippen LogP contribution in [-0.4, -0.2) is 32.3 Å². The largest absolute Gasteiger partial charge is 0.489 e. The zero-order chi connectivity index (χ0) is 25.7. The molecule has 2 heterocycles. The van der Waals surface area contributed by atoms with Gasteiger partial charge in [0.15, 0.2) is 5.82 Å². The minimum Gasteiger partial charge on any atom is -0.489 e. The molecule has 0 aliphatic rings. The van der Waals surface area contributed by atoms with Gasteiger partial charge in [-0.3, -0.25) is 5.43 Å². The van der Waals surface area contributed by atoms with E-state index in [-0.39, 0.29) is 19.0 Å². The lowest BCUT2D eigenvalue weighted by Gasteiger charge is -2.07. The molecule has 13 heteroatoms. The van der Waals surface area contributed by atoms with Gasteiger partial charge in [0.2, 0.25) is 5.13 Å². The molecule has 0 saturated carbocycles. The Morgan fingerprint density at radius 1 is 1.25 bits per heavy atom. The summed E-state index contributed by atoms with van der Waals surface area (Å²) in [6.45, 7) is 2.17. The molecule has 0 amide bonds. The van der Waals surface area contributed by atoms with E-state index >= 15 is 0 Å². The molecule has 9 nitrogen and oxygen atoms in total. The molecule has 0 radical (unpaired) electrons. The lowest BCUT2D eigenvalue weighted by molar-refractivity contribution is -0.392. The van der Waals surface area contributed by atoms with Crippen molar-refractivity contribution in [3.05, 3.63) is 87.2 Å². The first-order valence-electron chi connectivity index (χ1n) is 10.5. The number of anilines is 1. The van der Waals surface area contributed by atoms with E-state index in [0.29, 0.717) is 28.0 Å². The van der Waals surface area contributed by atoms with E-state index in [1.165, 1.54) is 34.2 Å². The zero-order valence-electron chi connectivity index (χ0n) is 18.8. The van der Waals surface area contributed by atoms with E-state index in [1.54, 1.807) is 36.7 Å². The Morgan fingerprint density at radius 3 is 2.75 bits per heavy atom. The number of hydrogen-bond donors (Lipinski definition) is 1. The average Bonchev–Trinajstić information content (AvgIpc) is 3.46. The van der Waals surface area contributed by atoms with Gasteiger partial charge < -0.3 is 14.9 Å². The third kappa shape index (κ3) is 6.05. The normalized spacial score (nSPS) is 11.7. The number of aromatic nitrogens is 3. The summed E-state index contributed by atoms with van der Waals surface area (Å²) in [5.41, 5.74) is 3.94. The SMILES string of the molecule is Cc1ncc([N+](=O)[O-])n1CCOc1cccc(/C=N/Nc2nc(-c3ccc(C(F)(F)F)cc3)cs2)c1. The van der Waals surface area contributed by atoms with Crippen LogP contribution in [0.15, 0.2) is 65.2 Å². The highest BCUT2D eigenvalue weighted by molar-refractivity contribution is 7.14. The molecule has 0 aliphatic heterocycles. The first-order chi connectivity index (χ1) is 17.2. The summed E-state index contributed by atoms with van der Waals surface area (Å²) in [5.74, 6) is 1.01. The van der Waals surface area contributed by atoms with Crippen LogP contribution in [0.3, 0.4) is 0 Å². The maximum atomic E-state index is 12.7. The molecule has 1 N–H and O–H groups in total. The first-order valence-corrected chi connectivity index (χ1v) is 11.4. The molecular weight excluding hydrogens is 497 g/mol. The van der Waals surface area contributed by atoms with Crippen molar-refractivity contribution in [2.75, 3.05) is 12.0 Å². The fourth-order valence-electron chi connectivity index (χ4n) is 3.27. The van der Waals surface area contributed by atoms with Crippen molar-refractivity contribution in [2.45, 2.75) is 19.6 Å². The van der Waals surface area contributed by atoms with Gasteiger partial charge in [-0.15, -0.1) is 11.3 Å². The predicted octanol–water partition coefficient (Wildman–Crippen LogP) is 5.77. The highest BCUT2D eigenvalue weighted by atomic mass is 32.1. The summed E-state index contributed by atoms with van der Waals surface area (Å²) in [6, 6.07) is 11.9. The van der Waals surface area contributed by atoms with Gasteiger partial charge >= 0.3 is 12.0 Å². The zero-order valence-corrected chi connectivity index (χ0v) is 19.6. The Hall–Kier alpha value is -4.26. The van der Waals surface area contributed by atoms with Gasteiger partial charge in [-0.1, -0.05) is 24.3 Å². The summed E-state index contributed by atoms with van der Waals surface area (Å²) in [5, 5.41) is 17.4. The van der Waals surface area contributed by atoms with Crippen LogP contribution in [0.5, 0.6) is 5.75 Å². The van der Waals surface area contributed by atoms with Crippen molar-refractivity contribution in [1.29, 1.82) is 0 Å². The number of nitro groups is 1. The fourth-order valence-corrected chi connectivity index (χ4v) is 3.94. The molecule has 0 saturated heterocycles. The number of nitrogens with one attached hydrogen (secondary N) is 1. The number of ether oxygens (including phenoxy) is 1. The second-order valence-corrected chi connectivity index (χ2v) is 8.33. The highest BCUT2D eigenvalue weighted by Crippen LogP contribution is 2.31. The number of thiazole rings is 1. The number of halogens is 3. The van der Waals surface area contributed by atoms with Crippen LogP contribution >= 0.6 is 11.3 Å². The Bertz CT molecular complexity index is 1380. The Balaban J connectivity index is 1.32. The highest BCUT2D eigenvalue weighted by Gasteiger charge is 2.30. The Kier molecular flexibility index (Phi) is 7.29. The number of hydrazone groups is 1. The van der Waals surface area contributed by atoms with Crippen LogP contribution in [0.1, 0.15) is 17.0 Å². The standard InChI is InChI=1S/C23H19F3N6O3S/c1-15-27-13-21(32(33)34)31(15)9-10-35-19-4-2-3-16(11-19)12-28-30-22-29-20(14-36-22)17-5-7-18(8-6-17)23(24,25)26/h2-8,11-14H,9-10H2,1H3,(H,29,30)/b28-12+. The fraction of sp³-hybridized carbons (Fsp3) is 0.174. The number of hydrogen-bond acceptors (Lipinski definition) is 8. The van der Waals surface area contributed by atoms with E-state index in [0.717, 1.165) is 17.7 Å². The van der Waals surface area contributed by atoms with Gasteiger partial charge in [-0.25, -0.2) is 14.5 Å². The van der Waals surface area contributed by atoms with E-state index < -0.39 is 16.7 Å². The van der Waals surface area contributed by atoms with Crippen molar-refractivity contribution in [2.24, 2.45) is 5.10 Å². The molecule has 36 heavy (non-hydrogen) atoms. The van der Waals surface area contributed by atoms with Gasteiger partial charge in [-0.05, 0) is 34.8 Å². The molecule has 0 atom stereocenters. The van der Waals surface area contributed by atoms with Crippen molar-refractivity contribution in [3.8, 4) is 17.0 Å². The summed E-state index contributed by atoms with van der Waals surface area (Å²) in [4.78, 5) is 18.9. The smallest absolute Gasteiger partial charge is 0.416 e. The lowest BCUT2D eigenvalue weighted by atomic mass is 10.1. The van der Waals surface area contributed by atoms with E-state index in [2.05, 4.69) is 20.5 Å². The molecule has 186 valence electrons. The Morgan fingerprint density at radius 2 is 2.03 bits per heavy atom. The average molecular weight is 517 g/mol. The molecule has 2 aromatic heterocycles. The van der Waals surface area contributed by atoms with Crippen LogP contribution < -0.4 is 10.2 Å². The maximum absolute atomic E-state index is 12.7. The molecule has 0 bridgehead atoms. The van der Waals surface area contributed by atoms with Crippen LogP contribution in [-0.2, 0) is 12.7 Å². The van der Waals surface area contributed by atoms with Crippen LogP contribution in [0.25, 0.3) is 11.3 Å². The summed E-state index contributed by atoms with van der Waals surface area (Å²) in [6.07, 6.45) is -1.60. The van der Waals surface area contributed by atoms with Gasteiger partial charge in [0.1, 0.15) is 25.1 Å². The maximum Gasteiger partial charge on any atom is 0.416 e. The number of alkyl halides is 3. The number of benzene rings is 2.